The van der Waals surface area contributed by atoms with Crippen molar-refractivity contribution in [3.63, 3.8) is 0 Å². The van der Waals surface area contributed by atoms with E-state index in [2.05, 4.69) is 24.0 Å². The summed E-state index contributed by atoms with van der Waals surface area (Å²) in [4.78, 5) is 20.9. The minimum absolute atomic E-state index is 0.108. The third-order valence-electron chi connectivity index (χ3n) is 4.88. The minimum Gasteiger partial charge on any atom is -0.373 e. The molecule has 2 fully saturated rings. The number of ether oxygens (including phenoxy) is 1. The monoisotopic (exact) mass is 317 g/mol. The number of rotatable bonds is 4. The lowest BCUT2D eigenvalue weighted by Crippen LogP contribution is -2.50. The second-order valence-electron chi connectivity index (χ2n) is 7.28. The van der Waals surface area contributed by atoms with Gasteiger partial charge in [0.25, 0.3) is 0 Å². The van der Waals surface area contributed by atoms with Crippen molar-refractivity contribution in [1.82, 2.24) is 14.8 Å². The molecule has 2 aliphatic heterocycles. The highest BCUT2D eigenvalue weighted by molar-refractivity contribution is 5.78. The van der Waals surface area contributed by atoms with Crippen molar-refractivity contribution in [2.24, 2.45) is 5.92 Å². The van der Waals surface area contributed by atoms with E-state index in [1.807, 2.05) is 17.0 Å². The maximum absolute atomic E-state index is 12.6. The zero-order valence-electron chi connectivity index (χ0n) is 14.2. The number of amides is 1. The smallest absolute Gasteiger partial charge is 0.227 e. The molecular weight excluding hydrogens is 290 g/mol. The highest BCUT2D eigenvalue weighted by Gasteiger charge is 2.44. The van der Waals surface area contributed by atoms with Crippen LogP contribution in [0.5, 0.6) is 0 Å². The molecule has 1 aromatic rings. The lowest BCUT2D eigenvalue weighted by atomic mass is 9.86. The lowest BCUT2D eigenvalue weighted by molar-refractivity contribution is -0.138. The fourth-order valence-electron chi connectivity index (χ4n) is 3.96. The van der Waals surface area contributed by atoms with Gasteiger partial charge in [-0.3, -0.25) is 9.78 Å². The van der Waals surface area contributed by atoms with E-state index in [1.54, 1.807) is 12.4 Å². The number of piperidine rings is 1. The first-order valence-corrected chi connectivity index (χ1v) is 8.52. The number of aromatic nitrogens is 1. The third-order valence-corrected chi connectivity index (χ3v) is 4.88. The fourth-order valence-corrected chi connectivity index (χ4v) is 3.96. The zero-order chi connectivity index (χ0) is 16.3. The van der Waals surface area contributed by atoms with Crippen LogP contribution < -0.4 is 0 Å². The van der Waals surface area contributed by atoms with Crippen LogP contribution in [-0.4, -0.2) is 66.6 Å². The molecule has 0 radical (unpaired) electrons. The van der Waals surface area contributed by atoms with Crippen molar-refractivity contribution in [3.05, 3.63) is 30.1 Å². The van der Waals surface area contributed by atoms with E-state index in [0.29, 0.717) is 12.3 Å². The van der Waals surface area contributed by atoms with E-state index in [4.69, 9.17) is 4.74 Å². The van der Waals surface area contributed by atoms with Crippen LogP contribution in [0, 0.1) is 5.92 Å². The van der Waals surface area contributed by atoms with Crippen LogP contribution >= 0.6 is 0 Å². The number of carbonyl (C=O) groups excluding carboxylic acids is 1. The van der Waals surface area contributed by atoms with Gasteiger partial charge in [0.15, 0.2) is 0 Å². The first-order chi connectivity index (χ1) is 11.1. The molecule has 0 aromatic carbocycles. The van der Waals surface area contributed by atoms with Crippen molar-refractivity contribution in [2.45, 2.75) is 31.3 Å². The van der Waals surface area contributed by atoms with Crippen LogP contribution in [0.25, 0.3) is 0 Å². The van der Waals surface area contributed by atoms with Gasteiger partial charge in [0.1, 0.15) is 0 Å². The molecule has 126 valence electrons. The fraction of sp³-hybridized carbons (Fsp3) is 0.667. The first-order valence-electron chi connectivity index (χ1n) is 8.52. The molecule has 5 nitrogen and oxygen atoms in total. The Hall–Kier alpha value is -1.46. The standard InChI is InChI=1S/C18H27N3O2/c1-20(2)12-16-10-18(23-13-16)6-4-8-21(14-18)17(22)9-15-5-3-7-19-11-15/h3,5,7,11,16H,4,6,8-10,12-14H2,1-2H3. The summed E-state index contributed by atoms with van der Waals surface area (Å²) < 4.78 is 6.19. The van der Waals surface area contributed by atoms with Gasteiger partial charge in [-0.25, -0.2) is 0 Å². The van der Waals surface area contributed by atoms with Gasteiger partial charge in [-0.1, -0.05) is 6.07 Å². The first kappa shape index (κ1) is 16.4. The molecule has 0 saturated carbocycles. The second kappa shape index (κ2) is 6.97. The Morgan fingerprint density at radius 2 is 2.39 bits per heavy atom. The highest BCUT2D eigenvalue weighted by Crippen LogP contribution is 2.37. The summed E-state index contributed by atoms with van der Waals surface area (Å²) in [5.74, 6) is 0.773. The summed E-state index contributed by atoms with van der Waals surface area (Å²) in [6.07, 6.45) is 7.13. The molecule has 0 aliphatic carbocycles. The number of hydrogen-bond donors (Lipinski definition) is 0. The van der Waals surface area contributed by atoms with Crippen LogP contribution in [0.15, 0.2) is 24.5 Å². The third kappa shape index (κ3) is 4.09. The molecular formula is C18H27N3O2. The van der Waals surface area contributed by atoms with Gasteiger partial charge in [-0.05, 0) is 50.9 Å². The van der Waals surface area contributed by atoms with Gasteiger partial charge in [0, 0.05) is 32.0 Å². The molecule has 0 N–H and O–H groups in total. The normalized spacial score (nSPS) is 27.8. The average molecular weight is 317 g/mol. The summed E-state index contributed by atoms with van der Waals surface area (Å²) in [5.41, 5.74) is 0.874. The van der Waals surface area contributed by atoms with Crippen molar-refractivity contribution in [3.8, 4) is 0 Å². The van der Waals surface area contributed by atoms with E-state index in [0.717, 1.165) is 51.1 Å². The molecule has 2 aliphatic rings. The maximum Gasteiger partial charge on any atom is 0.227 e. The molecule has 1 aromatic heterocycles. The number of pyridine rings is 1. The molecule has 23 heavy (non-hydrogen) atoms. The number of hydrogen-bond acceptors (Lipinski definition) is 4. The van der Waals surface area contributed by atoms with Crippen molar-refractivity contribution in [2.75, 3.05) is 40.3 Å². The van der Waals surface area contributed by atoms with Crippen LogP contribution in [0.2, 0.25) is 0 Å². The van der Waals surface area contributed by atoms with Gasteiger partial charge in [-0.2, -0.15) is 0 Å². The molecule has 1 amide bonds. The molecule has 5 heteroatoms. The molecule has 2 unspecified atom stereocenters. The Morgan fingerprint density at radius 3 is 3.13 bits per heavy atom. The molecule has 3 rings (SSSR count). The van der Waals surface area contributed by atoms with Gasteiger partial charge < -0.3 is 14.5 Å². The summed E-state index contributed by atoms with van der Waals surface area (Å²) in [5, 5.41) is 0. The van der Waals surface area contributed by atoms with E-state index in [9.17, 15) is 4.79 Å². The van der Waals surface area contributed by atoms with Gasteiger partial charge in [0.2, 0.25) is 5.91 Å². The highest BCUT2D eigenvalue weighted by atomic mass is 16.5. The summed E-state index contributed by atoms with van der Waals surface area (Å²) >= 11 is 0. The molecule has 2 saturated heterocycles. The van der Waals surface area contributed by atoms with Gasteiger partial charge in [-0.15, -0.1) is 0 Å². The number of carbonyl (C=O) groups is 1. The van der Waals surface area contributed by atoms with Crippen molar-refractivity contribution < 1.29 is 9.53 Å². The maximum atomic E-state index is 12.6. The van der Waals surface area contributed by atoms with Crippen LogP contribution in [0.1, 0.15) is 24.8 Å². The predicted octanol–water partition coefficient (Wildman–Crippen LogP) is 1.58. The van der Waals surface area contributed by atoms with E-state index in [-0.39, 0.29) is 11.5 Å². The van der Waals surface area contributed by atoms with Crippen molar-refractivity contribution >= 4 is 5.91 Å². The molecule has 2 atom stereocenters. The summed E-state index contributed by atoms with van der Waals surface area (Å²) in [6.45, 7) is 3.48. The molecule has 1 spiro atoms. The Morgan fingerprint density at radius 1 is 1.52 bits per heavy atom. The van der Waals surface area contributed by atoms with Gasteiger partial charge in [0.05, 0.1) is 18.6 Å². The van der Waals surface area contributed by atoms with Crippen LogP contribution in [-0.2, 0) is 16.0 Å². The topological polar surface area (TPSA) is 45.7 Å². The number of likely N-dealkylation sites (tertiary alicyclic amines) is 1. The SMILES string of the molecule is CN(C)CC1COC2(CCCN(C(=O)Cc3cccnc3)C2)C1. The quantitative estimate of drug-likeness (QED) is 0.846. The minimum atomic E-state index is -0.108. The largest absolute Gasteiger partial charge is 0.373 e. The van der Waals surface area contributed by atoms with E-state index >= 15 is 0 Å². The summed E-state index contributed by atoms with van der Waals surface area (Å²) in [6, 6.07) is 3.84. The Balaban J connectivity index is 1.59. The summed E-state index contributed by atoms with van der Waals surface area (Å²) in [7, 11) is 4.21. The van der Waals surface area contributed by atoms with Crippen molar-refractivity contribution in [1.29, 1.82) is 0 Å². The van der Waals surface area contributed by atoms with E-state index in [1.165, 1.54) is 0 Å². The van der Waals surface area contributed by atoms with Gasteiger partial charge >= 0.3 is 0 Å². The average Bonchev–Trinajstić information content (AvgIpc) is 2.89. The zero-order valence-corrected chi connectivity index (χ0v) is 14.2. The van der Waals surface area contributed by atoms with Crippen LogP contribution in [0.3, 0.4) is 0 Å². The lowest BCUT2D eigenvalue weighted by Gasteiger charge is -2.40. The second-order valence-corrected chi connectivity index (χ2v) is 7.28. The number of nitrogens with zero attached hydrogens (tertiary/aromatic N) is 3. The Bertz CT molecular complexity index is 534. The molecule has 3 heterocycles. The Labute approximate surface area is 138 Å². The molecule has 0 bridgehead atoms. The van der Waals surface area contributed by atoms with E-state index < -0.39 is 0 Å². The Kier molecular flexibility index (Phi) is 4.97. The predicted molar refractivity (Wildman–Crippen MR) is 89.1 cm³/mol. The van der Waals surface area contributed by atoms with Crippen LogP contribution in [0.4, 0.5) is 0 Å².